The second-order valence-corrected chi connectivity index (χ2v) is 10.7. The van der Waals surface area contributed by atoms with E-state index < -0.39 is 0 Å². The van der Waals surface area contributed by atoms with E-state index in [-0.39, 0.29) is 0 Å². The second-order valence-electron chi connectivity index (χ2n) is 3.61. The van der Waals surface area contributed by atoms with Crippen molar-refractivity contribution in [3.8, 4) is 0 Å². The van der Waals surface area contributed by atoms with Gasteiger partial charge in [0.15, 0.2) is 0 Å². The summed E-state index contributed by atoms with van der Waals surface area (Å²) < 4.78 is 0.354. The molecule has 0 saturated carbocycles. The topological polar surface area (TPSA) is 0 Å². The van der Waals surface area contributed by atoms with Gasteiger partial charge in [0, 0.05) is 16.9 Å². The van der Waals surface area contributed by atoms with Crippen molar-refractivity contribution in [2.45, 2.75) is 4.08 Å². The molecule has 0 N–H and O–H groups in total. The zero-order chi connectivity index (χ0) is 10.7. The summed E-state index contributed by atoms with van der Waals surface area (Å²) in [5, 5.41) is 0.903. The summed E-state index contributed by atoms with van der Waals surface area (Å²) in [6.45, 7) is 0. The molecule has 0 amide bonds. The molecule has 2 heterocycles. The Bertz CT molecular complexity index is 187. The number of rotatable bonds is 6. The molecule has 0 aromatic carbocycles. The molecular formula is C8H14S7. The first-order valence-electron chi connectivity index (χ1n) is 4.73. The minimum atomic E-state index is 0.354. The molecule has 2 fully saturated rings. The summed E-state index contributed by atoms with van der Waals surface area (Å²) in [6.07, 6.45) is 0. The number of thiol groups is 2. The normalized spacial score (nSPS) is 23.6. The van der Waals surface area contributed by atoms with Gasteiger partial charge in [0.05, 0.1) is 4.08 Å². The summed E-state index contributed by atoms with van der Waals surface area (Å²) >= 11 is 13.0. The fourth-order valence-electron chi connectivity index (χ4n) is 1.69. The zero-order valence-electron chi connectivity index (χ0n) is 8.13. The van der Waals surface area contributed by atoms with Gasteiger partial charge in [-0.05, 0) is 23.0 Å². The largest absolute Gasteiger partial charge is 0.167 e. The van der Waals surface area contributed by atoms with Crippen LogP contribution in [0.4, 0.5) is 0 Å². The lowest BCUT2D eigenvalue weighted by Crippen LogP contribution is -2.49. The van der Waals surface area contributed by atoms with Gasteiger partial charge < -0.3 is 0 Å². The van der Waals surface area contributed by atoms with Crippen LogP contribution >= 0.6 is 80.2 Å². The lowest BCUT2D eigenvalue weighted by Gasteiger charge is -2.50. The maximum atomic E-state index is 4.57. The van der Waals surface area contributed by atoms with Gasteiger partial charge in [-0.1, -0.05) is 32.4 Å². The average Bonchev–Trinajstić information content (AvgIpc) is 2.08. The highest BCUT2D eigenvalue weighted by Crippen LogP contribution is 2.61. The smallest absolute Gasteiger partial charge is 0.0902 e. The molecule has 0 spiro atoms. The van der Waals surface area contributed by atoms with E-state index in [1.165, 1.54) is 23.0 Å². The van der Waals surface area contributed by atoms with Crippen LogP contribution in [-0.4, -0.2) is 32.2 Å². The van der Waals surface area contributed by atoms with Crippen LogP contribution < -0.4 is 0 Å². The standard InChI is InChI=1S/C8H14S7/c9-5-13-15-8(14-10,6-1-11-2-6)7-3-12-4-7/h6-7,9-10H,1-5H2. The predicted molar refractivity (Wildman–Crippen MR) is 90.0 cm³/mol. The summed E-state index contributed by atoms with van der Waals surface area (Å²) in [7, 11) is 5.73. The molecule has 0 aromatic heterocycles. The summed E-state index contributed by atoms with van der Waals surface area (Å²) in [6, 6.07) is 0. The number of hydrogen-bond donors (Lipinski definition) is 2. The van der Waals surface area contributed by atoms with E-state index in [1.807, 2.05) is 21.6 Å². The third-order valence-electron chi connectivity index (χ3n) is 2.80. The number of thioether (sulfide) groups is 2. The number of hydrogen-bond acceptors (Lipinski definition) is 7. The van der Waals surface area contributed by atoms with Gasteiger partial charge in [-0.3, -0.25) is 0 Å². The van der Waals surface area contributed by atoms with Crippen molar-refractivity contribution in [2.24, 2.45) is 11.8 Å². The molecule has 7 heteroatoms. The summed E-state index contributed by atoms with van der Waals surface area (Å²) in [4.78, 5) is 0. The Hall–Kier alpha value is 2.45. The van der Waals surface area contributed by atoms with Crippen LogP contribution in [0.15, 0.2) is 0 Å². The fraction of sp³-hybridized carbons (Fsp3) is 1.00. The third kappa shape index (κ3) is 2.89. The van der Waals surface area contributed by atoms with Gasteiger partial charge in [-0.25, -0.2) is 0 Å². The molecule has 0 nitrogen and oxygen atoms in total. The Balaban J connectivity index is 2.02. The molecule has 2 aliphatic heterocycles. The maximum Gasteiger partial charge on any atom is 0.0902 e. The van der Waals surface area contributed by atoms with E-state index in [0.717, 1.165) is 16.9 Å². The van der Waals surface area contributed by atoms with E-state index in [4.69, 9.17) is 0 Å². The highest BCUT2D eigenvalue weighted by Gasteiger charge is 2.51. The van der Waals surface area contributed by atoms with Crippen molar-refractivity contribution in [2.75, 3.05) is 28.1 Å². The predicted octanol–water partition coefficient (Wildman–Crippen LogP) is 4.26. The van der Waals surface area contributed by atoms with Crippen LogP contribution in [0.25, 0.3) is 0 Å². The van der Waals surface area contributed by atoms with Gasteiger partial charge >= 0.3 is 0 Å². The Labute approximate surface area is 123 Å². The summed E-state index contributed by atoms with van der Waals surface area (Å²) in [5.74, 6) is 7.02. The van der Waals surface area contributed by atoms with Gasteiger partial charge in [0.2, 0.25) is 0 Å². The van der Waals surface area contributed by atoms with Crippen LogP contribution in [0.2, 0.25) is 0 Å². The van der Waals surface area contributed by atoms with Crippen molar-refractivity contribution in [1.82, 2.24) is 0 Å². The van der Waals surface area contributed by atoms with Gasteiger partial charge in [-0.2, -0.15) is 36.2 Å². The molecular weight excluding hydrogens is 321 g/mol. The van der Waals surface area contributed by atoms with E-state index in [2.05, 4.69) is 47.8 Å². The molecule has 88 valence electrons. The Kier molecular flexibility index (Phi) is 6.07. The third-order valence-corrected chi connectivity index (χ3v) is 12.0. The van der Waals surface area contributed by atoms with Gasteiger partial charge in [0.1, 0.15) is 0 Å². The first-order valence-corrected chi connectivity index (χ1v) is 11.9. The van der Waals surface area contributed by atoms with Crippen molar-refractivity contribution in [1.29, 1.82) is 0 Å². The molecule has 2 rings (SSSR count). The minimum Gasteiger partial charge on any atom is -0.167 e. The van der Waals surface area contributed by atoms with E-state index in [9.17, 15) is 0 Å². The van der Waals surface area contributed by atoms with E-state index in [0.29, 0.717) is 4.08 Å². The zero-order valence-corrected chi connectivity index (χ0v) is 14.0. The molecule has 0 aromatic rings. The van der Waals surface area contributed by atoms with Crippen molar-refractivity contribution >= 4 is 80.2 Å². The molecule has 15 heavy (non-hydrogen) atoms. The molecule has 0 radical (unpaired) electrons. The van der Waals surface area contributed by atoms with E-state index >= 15 is 0 Å². The minimum absolute atomic E-state index is 0.354. The Morgan fingerprint density at radius 2 is 1.67 bits per heavy atom. The second kappa shape index (κ2) is 6.57. The van der Waals surface area contributed by atoms with Crippen LogP contribution in [0, 0.1) is 11.8 Å². The quantitative estimate of drug-likeness (QED) is 0.422. The lowest BCUT2D eigenvalue weighted by atomic mass is 9.97. The van der Waals surface area contributed by atoms with Crippen molar-refractivity contribution < 1.29 is 0 Å². The molecule has 2 saturated heterocycles. The maximum absolute atomic E-state index is 4.57. The SMILES string of the molecule is SCSSC(SS)(C1CSC1)C1CSC1. The summed E-state index contributed by atoms with van der Waals surface area (Å²) in [5.41, 5.74) is 0. The molecule has 0 unspecified atom stereocenters. The van der Waals surface area contributed by atoms with Crippen molar-refractivity contribution in [3.63, 3.8) is 0 Å². The molecule has 0 bridgehead atoms. The molecule has 0 aliphatic carbocycles. The van der Waals surface area contributed by atoms with Crippen LogP contribution in [0.5, 0.6) is 0 Å². The van der Waals surface area contributed by atoms with Crippen molar-refractivity contribution in [3.05, 3.63) is 0 Å². The first kappa shape index (κ1) is 13.9. The molecule has 2 aliphatic rings. The Morgan fingerprint density at radius 1 is 1.13 bits per heavy atom. The Morgan fingerprint density at radius 3 is 1.93 bits per heavy atom. The highest BCUT2D eigenvalue weighted by atomic mass is 33.1. The monoisotopic (exact) mass is 334 g/mol. The lowest BCUT2D eigenvalue weighted by molar-refractivity contribution is 0.447. The highest BCUT2D eigenvalue weighted by molar-refractivity contribution is 8.83. The fourth-order valence-corrected chi connectivity index (χ4v) is 10.5. The molecule has 0 atom stereocenters. The van der Waals surface area contributed by atoms with Crippen LogP contribution in [-0.2, 0) is 0 Å². The van der Waals surface area contributed by atoms with Crippen LogP contribution in [0.1, 0.15) is 0 Å². The first-order chi connectivity index (χ1) is 7.33. The van der Waals surface area contributed by atoms with Crippen LogP contribution in [0.3, 0.4) is 0 Å². The van der Waals surface area contributed by atoms with Gasteiger partial charge in [0.25, 0.3) is 0 Å². The van der Waals surface area contributed by atoms with E-state index in [1.54, 1.807) is 10.8 Å². The van der Waals surface area contributed by atoms with Gasteiger partial charge in [-0.15, -0.1) is 11.7 Å². The average molecular weight is 335 g/mol.